The van der Waals surface area contributed by atoms with Crippen LogP contribution >= 0.6 is 0 Å². The summed E-state index contributed by atoms with van der Waals surface area (Å²) in [5.41, 5.74) is 0.502. The van der Waals surface area contributed by atoms with Crippen LogP contribution in [0.15, 0.2) is 24.3 Å². The van der Waals surface area contributed by atoms with Crippen molar-refractivity contribution >= 4 is 17.5 Å². The van der Waals surface area contributed by atoms with Gasteiger partial charge in [-0.2, -0.15) is 0 Å². The standard InChI is InChI=1S/C11H13FN2O2/c1-8(15)6-7-13-11(16)14-10-4-2-9(12)3-5-10/h2-5H,6-7H2,1H3,(H2,13,14,16). The molecule has 0 unspecified atom stereocenters. The minimum atomic E-state index is -0.409. The van der Waals surface area contributed by atoms with Crippen molar-refractivity contribution in [3.8, 4) is 0 Å². The van der Waals surface area contributed by atoms with Gasteiger partial charge in [0, 0.05) is 18.7 Å². The van der Waals surface area contributed by atoms with Crippen molar-refractivity contribution in [2.75, 3.05) is 11.9 Å². The van der Waals surface area contributed by atoms with Crippen LogP contribution < -0.4 is 10.6 Å². The van der Waals surface area contributed by atoms with Crippen LogP contribution in [0.1, 0.15) is 13.3 Å². The molecule has 1 rings (SSSR count). The number of anilines is 1. The molecule has 2 amide bonds. The number of carbonyl (C=O) groups excluding carboxylic acids is 2. The molecular formula is C11H13FN2O2. The van der Waals surface area contributed by atoms with Gasteiger partial charge in [0.05, 0.1) is 0 Å². The smallest absolute Gasteiger partial charge is 0.319 e. The highest BCUT2D eigenvalue weighted by Gasteiger charge is 2.01. The lowest BCUT2D eigenvalue weighted by Gasteiger charge is -2.06. The fraction of sp³-hybridized carbons (Fsp3) is 0.273. The van der Waals surface area contributed by atoms with E-state index in [1.54, 1.807) is 0 Å². The van der Waals surface area contributed by atoms with Crippen molar-refractivity contribution < 1.29 is 14.0 Å². The third-order valence-corrected chi connectivity index (χ3v) is 1.86. The quantitative estimate of drug-likeness (QED) is 0.820. The van der Waals surface area contributed by atoms with E-state index in [4.69, 9.17) is 0 Å². The first-order valence-corrected chi connectivity index (χ1v) is 4.88. The Morgan fingerprint density at radius 2 is 1.88 bits per heavy atom. The first-order chi connectivity index (χ1) is 7.58. The molecule has 0 aliphatic rings. The van der Waals surface area contributed by atoms with Crippen molar-refractivity contribution in [3.05, 3.63) is 30.1 Å². The van der Waals surface area contributed by atoms with Gasteiger partial charge < -0.3 is 10.6 Å². The molecular weight excluding hydrogens is 211 g/mol. The number of carbonyl (C=O) groups is 2. The Bertz CT molecular complexity index is 376. The normalized spacial score (nSPS) is 9.62. The number of halogens is 1. The maximum absolute atomic E-state index is 12.5. The lowest BCUT2D eigenvalue weighted by atomic mass is 10.3. The van der Waals surface area contributed by atoms with Crippen molar-refractivity contribution in [2.45, 2.75) is 13.3 Å². The summed E-state index contributed by atoms with van der Waals surface area (Å²) in [5.74, 6) is -0.343. The van der Waals surface area contributed by atoms with Gasteiger partial charge in [0.15, 0.2) is 0 Å². The van der Waals surface area contributed by atoms with E-state index in [9.17, 15) is 14.0 Å². The van der Waals surface area contributed by atoms with Crippen molar-refractivity contribution in [1.29, 1.82) is 0 Å². The van der Waals surface area contributed by atoms with Crippen LogP contribution in [0.4, 0.5) is 14.9 Å². The molecule has 1 aromatic carbocycles. The van der Waals surface area contributed by atoms with Crippen molar-refractivity contribution in [1.82, 2.24) is 5.32 Å². The molecule has 2 N–H and O–H groups in total. The molecule has 0 radical (unpaired) electrons. The topological polar surface area (TPSA) is 58.2 Å². The molecule has 0 saturated heterocycles. The van der Waals surface area contributed by atoms with Gasteiger partial charge in [-0.05, 0) is 31.2 Å². The van der Waals surface area contributed by atoms with E-state index >= 15 is 0 Å². The molecule has 0 spiro atoms. The van der Waals surface area contributed by atoms with E-state index in [0.29, 0.717) is 18.7 Å². The van der Waals surface area contributed by atoms with E-state index in [2.05, 4.69) is 10.6 Å². The van der Waals surface area contributed by atoms with Crippen molar-refractivity contribution in [2.24, 2.45) is 0 Å². The predicted molar refractivity (Wildman–Crippen MR) is 58.7 cm³/mol. The largest absolute Gasteiger partial charge is 0.337 e. The summed E-state index contributed by atoms with van der Waals surface area (Å²) < 4.78 is 12.5. The van der Waals surface area contributed by atoms with Crippen LogP contribution in [0.2, 0.25) is 0 Å². The minimum absolute atomic E-state index is 0.0158. The maximum atomic E-state index is 12.5. The van der Waals surface area contributed by atoms with Crippen LogP contribution in [-0.4, -0.2) is 18.4 Å². The zero-order chi connectivity index (χ0) is 12.0. The van der Waals surface area contributed by atoms with Gasteiger partial charge >= 0.3 is 6.03 Å². The van der Waals surface area contributed by atoms with Gasteiger partial charge in [0.1, 0.15) is 11.6 Å². The van der Waals surface area contributed by atoms with Gasteiger partial charge in [-0.3, -0.25) is 4.79 Å². The molecule has 1 aromatic rings. The molecule has 0 aliphatic carbocycles. The van der Waals surface area contributed by atoms with Crippen LogP contribution in [-0.2, 0) is 4.79 Å². The number of urea groups is 1. The van der Waals surface area contributed by atoms with Gasteiger partial charge in [-0.25, -0.2) is 9.18 Å². The first-order valence-electron chi connectivity index (χ1n) is 4.88. The molecule has 86 valence electrons. The van der Waals surface area contributed by atoms with E-state index < -0.39 is 6.03 Å². The van der Waals surface area contributed by atoms with Gasteiger partial charge in [-0.1, -0.05) is 0 Å². The van der Waals surface area contributed by atoms with Crippen LogP contribution in [0, 0.1) is 5.82 Å². The third kappa shape index (κ3) is 4.54. The Labute approximate surface area is 92.8 Å². The minimum Gasteiger partial charge on any atom is -0.337 e. The zero-order valence-electron chi connectivity index (χ0n) is 8.92. The fourth-order valence-corrected chi connectivity index (χ4v) is 1.06. The Hall–Kier alpha value is -1.91. The molecule has 16 heavy (non-hydrogen) atoms. The highest BCUT2D eigenvalue weighted by atomic mass is 19.1. The Morgan fingerprint density at radius 1 is 1.25 bits per heavy atom. The Morgan fingerprint density at radius 3 is 2.44 bits per heavy atom. The molecule has 0 saturated carbocycles. The number of nitrogens with one attached hydrogen (secondary N) is 2. The summed E-state index contributed by atoms with van der Waals surface area (Å²) in [6.07, 6.45) is 0.302. The number of Topliss-reactive ketones (excluding diaryl/α,β-unsaturated/α-hetero) is 1. The highest BCUT2D eigenvalue weighted by Crippen LogP contribution is 2.07. The number of rotatable bonds is 4. The summed E-state index contributed by atoms with van der Waals surface area (Å²) in [4.78, 5) is 21.9. The average molecular weight is 224 g/mol. The van der Waals surface area contributed by atoms with E-state index in [-0.39, 0.29) is 11.6 Å². The lowest BCUT2D eigenvalue weighted by molar-refractivity contribution is -0.116. The summed E-state index contributed by atoms with van der Waals surface area (Å²) >= 11 is 0. The van der Waals surface area contributed by atoms with E-state index in [1.165, 1.54) is 31.2 Å². The molecule has 0 fully saturated rings. The van der Waals surface area contributed by atoms with Gasteiger partial charge in [-0.15, -0.1) is 0 Å². The SMILES string of the molecule is CC(=O)CCNC(=O)Nc1ccc(F)cc1. The molecule has 4 nitrogen and oxygen atoms in total. The second-order valence-electron chi connectivity index (χ2n) is 3.34. The summed E-state index contributed by atoms with van der Waals surface area (Å²) in [6.45, 7) is 1.75. The van der Waals surface area contributed by atoms with Gasteiger partial charge in [0.2, 0.25) is 0 Å². The number of benzene rings is 1. The molecule has 5 heteroatoms. The molecule has 0 aromatic heterocycles. The summed E-state index contributed by atoms with van der Waals surface area (Å²) in [7, 11) is 0. The molecule has 0 aliphatic heterocycles. The number of ketones is 1. The highest BCUT2D eigenvalue weighted by molar-refractivity contribution is 5.89. The number of amides is 2. The van der Waals surface area contributed by atoms with Crippen LogP contribution in [0.3, 0.4) is 0 Å². The molecule has 0 atom stereocenters. The van der Waals surface area contributed by atoms with Crippen LogP contribution in [0.25, 0.3) is 0 Å². The van der Waals surface area contributed by atoms with Gasteiger partial charge in [0.25, 0.3) is 0 Å². The zero-order valence-corrected chi connectivity index (χ0v) is 8.92. The predicted octanol–water partition coefficient (Wildman–Crippen LogP) is 1.93. The second-order valence-corrected chi connectivity index (χ2v) is 3.34. The van der Waals surface area contributed by atoms with Crippen molar-refractivity contribution in [3.63, 3.8) is 0 Å². The lowest BCUT2D eigenvalue weighted by Crippen LogP contribution is -2.30. The monoisotopic (exact) mass is 224 g/mol. The number of hydrogen-bond donors (Lipinski definition) is 2. The summed E-state index contributed by atoms with van der Waals surface area (Å²) in [5, 5.41) is 5.03. The number of hydrogen-bond acceptors (Lipinski definition) is 2. The molecule has 0 heterocycles. The van der Waals surface area contributed by atoms with Crippen LogP contribution in [0.5, 0.6) is 0 Å². The third-order valence-electron chi connectivity index (χ3n) is 1.86. The fourth-order valence-electron chi connectivity index (χ4n) is 1.06. The molecule has 0 bridgehead atoms. The Kier molecular flexibility index (Phi) is 4.44. The average Bonchev–Trinajstić information content (AvgIpc) is 2.21. The summed E-state index contributed by atoms with van der Waals surface area (Å²) in [6, 6.07) is 5.02. The first kappa shape index (κ1) is 12.2. The van der Waals surface area contributed by atoms with E-state index in [1.807, 2.05) is 0 Å². The second kappa shape index (κ2) is 5.85. The van der Waals surface area contributed by atoms with E-state index in [0.717, 1.165) is 0 Å². The maximum Gasteiger partial charge on any atom is 0.319 e. The Balaban J connectivity index is 2.34.